The molecule has 0 saturated heterocycles. The molecule has 0 unspecified atom stereocenters. The lowest BCUT2D eigenvalue weighted by molar-refractivity contribution is -0.120. The van der Waals surface area contributed by atoms with E-state index in [1.807, 2.05) is 37.3 Å². The van der Waals surface area contributed by atoms with Crippen molar-refractivity contribution in [1.29, 1.82) is 0 Å². The first kappa shape index (κ1) is 19.2. The molecule has 0 radical (unpaired) electrons. The molecule has 0 fully saturated rings. The van der Waals surface area contributed by atoms with Crippen LogP contribution in [0.15, 0.2) is 78.5 Å². The summed E-state index contributed by atoms with van der Waals surface area (Å²) in [6.45, 7) is 1.86. The minimum Gasteiger partial charge on any atom is -0.350 e. The maximum absolute atomic E-state index is 13.3. The number of aryl methyl sites for hydroxylation is 1. The van der Waals surface area contributed by atoms with Gasteiger partial charge >= 0.3 is 0 Å². The van der Waals surface area contributed by atoms with Gasteiger partial charge in [0, 0.05) is 15.7 Å². The molecule has 0 aliphatic carbocycles. The summed E-state index contributed by atoms with van der Waals surface area (Å²) < 4.78 is 0. The fourth-order valence-corrected chi connectivity index (χ4v) is 3.45. The lowest BCUT2D eigenvalue weighted by Gasteiger charge is -2.16. The molecule has 1 heterocycles. The Hall–Kier alpha value is -3.08. The summed E-state index contributed by atoms with van der Waals surface area (Å²) in [7, 11) is 0. The fraction of sp³-hybridized carbons (Fsp3) is 0.0435. The van der Waals surface area contributed by atoms with Crippen molar-refractivity contribution in [1.82, 2.24) is 0 Å². The predicted octanol–water partition coefficient (Wildman–Crippen LogP) is 5.70. The van der Waals surface area contributed by atoms with Gasteiger partial charge in [-0.25, -0.2) is 4.90 Å². The smallest absolute Gasteiger partial charge is 0.282 e. The number of amides is 2. The lowest BCUT2D eigenvalue weighted by atomic mass is 10.0. The van der Waals surface area contributed by atoms with Crippen molar-refractivity contribution in [2.45, 2.75) is 6.92 Å². The van der Waals surface area contributed by atoms with Gasteiger partial charge in [-0.1, -0.05) is 59.6 Å². The number of hydrogen-bond donors (Lipinski definition) is 1. The van der Waals surface area contributed by atoms with Gasteiger partial charge in [0.15, 0.2) is 0 Å². The molecule has 0 atom stereocenters. The molecule has 0 bridgehead atoms. The highest BCUT2D eigenvalue weighted by Crippen LogP contribution is 2.35. The van der Waals surface area contributed by atoms with Crippen LogP contribution in [0.2, 0.25) is 10.0 Å². The van der Waals surface area contributed by atoms with Gasteiger partial charge in [-0.15, -0.1) is 0 Å². The fourth-order valence-electron chi connectivity index (χ4n) is 3.15. The summed E-state index contributed by atoms with van der Waals surface area (Å²) in [5.41, 5.74) is 3.09. The van der Waals surface area contributed by atoms with Crippen molar-refractivity contribution in [3.8, 4) is 0 Å². The molecule has 6 heteroatoms. The van der Waals surface area contributed by atoms with Gasteiger partial charge in [0.2, 0.25) is 0 Å². The van der Waals surface area contributed by atoms with Crippen LogP contribution in [0.3, 0.4) is 0 Å². The van der Waals surface area contributed by atoms with Crippen LogP contribution >= 0.6 is 23.2 Å². The SMILES string of the molecule is Cc1ccc(N2C(=O)C(Nc3ccccc3)=C(c3ccc(Cl)cc3)C2=O)cc1Cl. The third kappa shape index (κ3) is 3.65. The number of rotatable bonds is 4. The number of hydrogen-bond acceptors (Lipinski definition) is 3. The van der Waals surface area contributed by atoms with Gasteiger partial charge < -0.3 is 5.32 Å². The number of anilines is 2. The van der Waals surface area contributed by atoms with E-state index in [0.717, 1.165) is 10.5 Å². The van der Waals surface area contributed by atoms with Gasteiger partial charge in [0.1, 0.15) is 5.70 Å². The van der Waals surface area contributed by atoms with Crippen molar-refractivity contribution in [2.75, 3.05) is 10.2 Å². The quantitative estimate of drug-likeness (QED) is 0.548. The Morgan fingerprint density at radius 2 is 1.52 bits per heavy atom. The average molecular weight is 423 g/mol. The number of nitrogens with one attached hydrogen (secondary N) is 1. The minimum atomic E-state index is -0.441. The van der Waals surface area contributed by atoms with E-state index in [1.54, 1.807) is 42.5 Å². The second-order valence-electron chi connectivity index (χ2n) is 6.63. The van der Waals surface area contributed by atoms with Crippen LogP contribution in [0.1, 0.15) is 11.1 Å². The molecule has 3 aromatic carbocycles. The summed E-state index contributed by atoms with van der Waals surface area (Å²) >= 11 is 12.2. The van der Waals surface area contributed by atoms with Crippen molar-refractivity contribution in [3.05, 3.63) is 99.7 Å². The van der Waals surface area contributed by atoms with Crippen LogP contribution in [0.4, 0.5) is 11.4 Å². The number of imide groups is 1. The largest absolute Gasteiger partial charge is 0.350 e. The van der Waals surface area contributed by atoms with Crippen LogP contribution in [-0.2, 0) is 9.59 Å². The molecule has 2 amide bonds. The first-order chi connectivity index (χ1) is 14.0. The summed E-state index contributed by atoms with van der Waals surface area (Å²) in [5, 5.41) is 4.15. The molecule has 29 heavy (non-hydrogen) atoms. The molecular weight excluding hydrogens is 407 g/mol. The van der Waals surface area contributed by atoms with Crippen LogP contribution in [0, 0.1) is 6.92 Å². The first-order valence-corrected chi connectivity index (χ1v) is 9.68. The van der Waals surface area contributed by atoms with E-state index in [0.29, 0.717) is 27.0 Å². The van der Waals surface area contributed by atoms with Crippen LogP contribution in [-0.4, -0.2) is 11.8 Å². The minimum absolute atomic E-state index is 0.209. The molecule has 0 saturated carbocycles. The molecule has 1 aliphatic heterocycles. The van der Waals surface area contributed by atoms with Crippen molar-refractivity contribution in [3.63, 3.8) is 0 Å². The molecular formula is C23H16Cl2N2O2. The number of benzene rings is 3. The molecule has 1 N–H and O–H groups in total. The number of carbonyl (C=O) groups excluding carboxylic acids is 2. The van der Waals surface area contributed by atoms with Gasteiger partial charge in [-0.05, 0) is 54.4 Å². The van der Waals surface area contributed by atoms with Crippen molar-refractivity contribution >= 4 is 52.0 Å². The average Bonchev–Trinajstić information content (AvgIpc) is 2.95. The molecule has 0 spiro atoms. The van der Waals surface area contributed by atoms with E-state index in [2.05, 4.69) is 5.32 Å². The number of nitrogens with zero attached hydrogens (tertiary/aromatic N) is 1. The zero-order valence-corrected chi connectivity index (χ0v) is 17.0. The zero-order valence-electron chi connectivity index (χ0n) is 15.4. The Bertz CT molecular complexity index is 1140. The Morgan fingerprint density at radius 1 is 0.828 bits per heavy atom. The summed E-state index contributed by atoms with van der Waals surface area (Å²) in [6, 6.07) is 21.2. The zero-order chi connectivity index (χ0) is 20.5. The summed E-state index contributed by atoms with van der Waals surface area (Å²) in [6.07, 6.45) is 0. The third-order valence-corrected chi connectivity index (χ3v) is 5.33. The van der Waals surface area contributed by atoms with E-state index in [1.165, 1.54) is 0 Å². The van der Waals surface area contributed by atoms with Gasteiger partial charge in [-0.3, -0.25) is 9.59 Å². The normalized spacial score (nSPS) is 14.0. The van der Waals surface area contributed by atoms with Crippen LogP contribution in [0.25, 0.3) is 5.57 Å². The van der Waals surface area contributed by atoms with Gasteiger partial charge in [0.25, 0.3) is 11.8 Å². The van der Waals surface area contributed by atoms with Crippen LogP contribution in [0.5, 0.6) is 0 Å². The van der Waals surface area contributed by atoms with E-state index in [9.17, 15) is 9.59 Å². The summed E-state index contributed by atoms with van der Waals surface area (Å²) in [5.74, 6) is -0.862. The number of carbonyl (C=O) groups is 2. The molecule has 0 aromatic heterocycles. The standard InChI is InChI=1S/C23H16Cl2N2O2/c1-14-7-12-18(13-19(14)25)27-22(28)20(15-8-10-16(24)11-9-15)21(23(27)29)26-17-5-3-2-4-6-17/h2-13,26H,1H3. The van der Waals surface area contributed by atoms with Crippen molar-refractivity contribution < 1.29 is 9.59 Å². The lowest BCUT2D eigenvalue weighted by Crippen LogP contribution is -2.32. The van der Waals surface area contributed by atoms with Crippen LogP contribution < -0.4 is 10.2 Å². The van der Waals surface area contributed by atoms with Gasteiger partial charge in [-0.2, -0.15) is 0 Å². The third-order valence-electron chi connectivity index (χ3n) is 4.67. The molecule has 4 rings (SSSR count). The molecule has 1 aliphatic rings. The van der Waals surface area contributed by atoms with E-state index < -0.39 is 11.8 Å². The molecule has 3 aromatic rings. The second kappa shape index (κ2) is 7.74. The van der Waals surface area contributed by atoms with E-state index >= 15 is 0 Å². The van der Waals surface area contributed by atoms with E-state index in [4.69, 9.17) is 23.2 Å². The Morgan fingerprint density at radius 3 is 2.17 bits per heavy atom. The molecule has 4 nitrogen and oxygen atoms in total. The molecule has 144 valence electrons. The monoisotopic (exact) mass is 422 g/mol. The topological polar surface area (TPSA) is 49.4 Å². The highest BCUT2D eigenvalue weighted by molar-refractivity contribution is 6.46. The Kier molecular flexibility index (Phi) is 5.14. The number of para-hydroxylation sites is 1. The maximum atomic E-state index is 13.3. The second-order valence-corrected chi connectivity index (χ2v) is 7.47. The highest BCUT2D eigenvalue weighted by atomic mass is 35.5. The van der Waals surface area contributed by atoms with Crippen molar-refractivity contribution in [2.24, 2.45) is 0 Å². The van der Waals surface area contributed by atoms with Gasteiger partial charge in [0.05, 0.1) is 11.3 Å². The highest BCUT2D eigenvalue weighted by Gasteiger charge is 2.40. The maximum Gasteiger partial charge on any atom is 0.282 e. The number of halogens is 2. The Labute approximate surface area is 178 Å². The summed E-state index contributed by atoms with van der Waals surface area (Å²) in [4.78, 5) is 27.8. The first-order valence-electron chi connectivity index (χ1n) is 8.93. The van der Waals surface area contributed by atoms with E-state index in [-0.39, 0.29) is 11.3 Å². The Balaban J connectivity index is 1.83. The predicted molar refractivity (Wildman–Crippen MR) is 117 cm³/mol.